The smallest absolute Gasteiger partial charge is 0.222 e. The summed E-state index contributed by atoms with van der Waals surface area (Å²) in [6.45, 7) is 0. The molecule has 0 fully saturated rings. The van der Waals surface area contributed by atoms with Crippen molar-refractivity contribution in [2.75, 3.05) is 5.73 Å². The van der Waals surface area contributed by atoms with Crippen LogP contribution < -0.4 is 5.73 Å². The third-order valence-electron chi connectivity index (χ3n) is 2.48. The highest BCUT2D eigenvalue weighted by Gasteiger charge is 2.10. The van der Waals surface area contributed by atoms with Crippen molar-refractivity contribution >= 4 is 48.7 Å². The summed E-state index contributed by atoms with van der Waals surface area (Å²) in [6, 6.07) is 5.94. The van der Waals surface area contributed by atoms with Gasteiger partial charge in [-0.2, -0.15) is 10.1 Å². The van der Waals surface area contributed by atoms with Crippen molar-refractivity contribution in [3.05, 3.63) is 39.5 Å². The maximum Gasteiger partial charge on any atom is 0.222 e. The van der Waals surface area contributed by atoms with Crippen LogP contribution in [0.4, 0.5) is 5.95 Å². The van der Waals surface area contributed by atoms with Crippen molar-refractivity contribution in [3.8, 4) is 5.82 Å². The van der Waals surface area contributed by atoms with Crippen molar-refractivity contribution in [1.29, 1.82) is 0 Å². The van der Waals surface area contributed by atoms with Crippen LogP contribution in [0, 0.1) is 0 Å². The molecule has 0 aliphatic heterocycles. The second-order valence-electron chi connectivity index (χ2n) is 3.66. The first kappa shape index (κ1) is 11.6. The van der Waals surface area contributed by atoms with Crippen molar-refractivity contribution in [2.24, 2.45) is 0 Å². The highest BCUT2D eigenvalue weighted by molar-refractivity contribution is 9.10. The van der Waals surface area contributed by atoms with E-state index in [1.165, 1.54) is 0 Å². The van der Waals surface area contributed by atoms with Crippen molar-refractivity contribution < 1.29 is 0 Å². The van der Waals surface area contributed by atoms with Crippen LogP contribution in [0.25, 0.3) is 16.7 Å². The average Bonchev–Trinajstić information content (AvgIpc) is 2.75. The second-order valence-corrected chi connectivity index (χ2v) is 5.43. The summed E-state index contributed by atoms with van der Waals surface area (Å²) in [6.07, 6.45) is 3.40. The van der Waals surface area contributed by atoms with Crippen LogP contribution in [0.15, 0.2) is 39.5 Å². The molecule has 0 spiro atoms. The van der Waals surface area contributed by atoms with Gasteiger partial charge in [-0.25, -0.2) is 9.67 Å². The molecule has 90 valence electrons. The summed E-state index contributed by atoms with van der Waals surface area (Å²) >= 11 is 6.85. The normalized spacial score (nSPS) is 11.0. The number of benzene rings is 1. The zero-order valence-electron chi connectivity index (χ0n) is 9.01. The third kappa shape index (κ3) is 1.89. The molecule has 3 rings (SSSR count). The topological polar surface area (TPSA) is 69.6 Å². The first-order valence-corrected chi connectivity index (χ1v) is 6.65. The number of rotatable bonds is 1. The summed E-state index contributed by atoms with van der Waals surface area (Å²) in [4.78, 5) is 8.12. The summed E-state index contributed by atoms with van der Waals surface area (Å²) in [5.74, 6) is 0.836. The van der Waals surface area contributed by atoms with Gasteiger partial charge in [-0.1, -0.05) is 22.0 Å². The van der Waals surface area contributed by atoms with E-state index in [9.17, 15) is 0 Å². The predicted octanol–water partition coefficient (Wildman–Crippen LogP) is 2.92. The van der Waals surface area contributed by atoms with E-state index in [2.05, 4.69) is 46.9 Å². The third-order valence-corrected chi connectivity index (χ3v) is 3.53. The summed E-state index contributed by atoms with van der Waals surface area (Å²) in [5, 5.41) is 5.36. The standard InChI is InChI=1S/C11H7Br2N5/c12-7-2-1-6-4-16-18(9(6)3-7)10-8(13)5-15-11(14)17-10/h1-5H,(H2,14,15,17). The molecule has 1 aromatic carbocycles. The summed E-state index contributed by atoms with van der Waals surface area (Å²) in [5.41, 5.74) is 6.56. The number of aromatic nitrogens is 4. The van der Waals surface area contributed by atoms with E-state index >= 15 is 0 Å². The van der Waals surface area contributed by atoms with Gasteiger partial charge in [-0.3, -0.25) is 0 Å². The van der Waals surface area contributed by atoms with Crippen molar-refractivity contribution in [2.45, 2.75) is 0 Å². The quantitative estimate of drug-likeness (QED) is 0.716. The van der Waals surface area contributed by atoms with Gasteiger partial charge in [0, 0.05) is 16.1 Å². The minimum absolute atomic E-state index is 0.215. The van der Waals surface area contributed by atoms with Crippen LogP contribution in [-0.4, -0.2) is 19.7 Å². The van der Waals surface area contributed by atoms with Gasteiger partial charge < -0.3 is 5.73 Å². The Balaban J connectivity index is 2.31. The molecule has 0 saturated carbocycles. The number of nitrogens with two attached hydrogens (primary N) is 1. The van der Waals surface area contributed by atoms with E-state index in [0.29, 0.717) is 5.82 Å². The maximum absolute atomic E-state index is 5.61. The summed E-state index contributed by atoms with van der Waals surface area (Å²) in [7, 11) is 0. The molecule has 0 aliphatic carbocycles. The molecule has 0 radical (unpaired) electrons. The SMILES string of the molecule is Nc1ncc(Br)c(-n2ncc3ccc(Br)cc32)n1. The lowest BCUT2D eigenvalue weighted by molar-refractivity contribution is 0.863. The van der Waals surface area contributed by atoms with E-state index in [4.69, 9.17) is 5.73 Å². The summed E-state index contributed by atoms with van der Waals surface area (Å²) < 4.78 is 3.44. The number of fused-ring (bicyclic) bond motifs is 1. The first-order valence-electron chi connectivity index (χ1n) is 5.07. The Kier molecular flexibility index (Phi) is 2.79. The van der Waals surface area contributed by atoms with Gasteiger partial charge >= 0.3 is 0 Å². The van der Waals surface area contributed by atoms with Gasteiger partial charge in [0.1, 0.15) is 0 Å². The fourth-order valence-electron chi connectivity index (χ4n) is 1.68. The molecule has 0 amide bonds. The predicted molar refractivity (Wildman–Crippen MR) is 76.5 cm³/mol. The van der Waals surface area contributed by atoms with Gasteiger partial charge in [0.05, 0.1) is 16.2 Å². The molecule has 2 heterocycles. The van der Waals surface area contributed by atoms with E-state index < -0.39 is 0 Å². The Hall–Kier alpha value is -1.47. The molecule has 5 nitrogen and oxygen atoms in total. The van der Waals surface area contributed by atoms with Crippen LogP contribution in [0.1, 0.15) is 0 Å². The van der Waals surface area contributed by atoms with E-state index in [1.807, 2.05) is 18.2 Å². The van der Waals surface area contributed by atoms with Crippen LogP contribution >= 0.6 is 31.9 Å². The molecule has 2 N–H and O–H groups in total. The fraction of sp³-hybridized carbons (Fsp3) is 0. The number of halogens is 2. The molecule has 0 unspecified atom stereocenters. The largest absolute Gasteiger partial charge is 0.368 e. The Morgan fingerprint density at radius 1 is 1.17 bits per heavy atom. The number of hydrogen-bond donors (Lipinski definition) is 1. The monoisotopic (exact) mass is 367 g/mol. The number of hydrogen-bond acceptors (Lipinski definition) is 4. The van der Waals surface area contributed by atoms with Crippen molar-refractivity contribution in [1.82, 2.24) is 19.7 Å². The van der Waals surface area contributed by atoms with E-state index in [-0.39, 0.29) is 5.95 Å². The minimum Gasteiger partial charge on any atom is -0.368 e. The Morgan fingerprint density at radius 3 is 2.83 bits per heavy atom. The van der Waals surface area contributed by atoms with E-state index in [1.54, 1.807) is 17.1 Å². The fourth-order valence-corrected chi connectivity index (χ4v) is 2.39. The molecular weight excluding hydrogens is 362 g/mol. The van der Waals surface area contributed by atoms with Crippen LogP contribution in [0.5, 0.6) is 0 Å². The lowest BCUT2D eigenvalue weighted by Gasteiger charge is -2.05. The zero-order valence-corrected chi connectivity index (χ0v) is 12.2. The van der Waals surface area contributed by atoms with E-state index in [0.717, 1.165) is 19.8 Å². The van der Waals surface area contributed by atoms with Crippen molar-refractivity contribution in [3.63, 3.8) is 0 Å². The molecule has 7 heteroatoms. The van der Waals surface area contributed by atoms with Gasteiger partial charge in [-0.05, 0) is 28.1 Å². The van der Waals surface area contributed by atoms with Gasteiger partial charge in [0.25, 0.3) is 0 Å². The van der Waals surface area contributed by atoms with Crippen LogP contribution in [-0.2, 0) is 0 Å². The Morgan fingerprint density at radius 2 is 2.00 bits per heavy atom. The number of nitrogens with zero attached hydrogens (tertiary/aromatic N) is 4. The molecule has 0 atom stereocenters. The average molecular weight is 369 g/mol. The van der Waals surface area contributed by atoms with Gasteiger partial charge in [-0.15, -0.1) is 0 Å². The second kappa shape index (κ2) is 4.33. The molecule has 0 saturated heterocycles. The highest BCUT2D eigenvalue weighted by atomic mass is 79.9. The first-order chi connectivity index (χ1) is 8.65. The molecule has 3 aromatic rings. The Bertz CT molecular complexity index is 737. The highest BCUT2D eigenvalue weighted by Crippen LogP contribution is 2.25. The lowest BCUT2D eigenvalue weighted by Crippen LogP contribution is -2.04. The zero-order chi connectivity index (χ0) is 12.7. The van der Waals surface area contributed by atoms with Gasteiger partial charge in [0.2, 0.25) is 5.95 Å². The van der Waals surface area contributed by atoms with Crippen LogP contribution in [0.2, 0.25) is 0 Å². The molecule has 0 bridgehead atoms. The van der Waals surface area contributed by atoms with Gasteiger partial charge in [0.15, 0.2) is 5.82 Å². The molecule has 0 aliphatic rings. The lowest BCUT2D eigenvalue weighted by atomic mass is 10.2. The number of anilines is 1. The van der Waals surface area contributed by atoms with Crippen LogP contribution in [0.3, 0.4) is 0 Å². The number of nitrogen functional groups attached to an aromatic ring is 1. The molecule has 18 heavy (non-hydrogen) atoms. The Labute approximate surface area is 119 Å². The molecular formula is C11H7Br2N5. The maximum atomic E-state index is 5.61. The minimum atomic E-state index is 0.215. The molecule has 2 aromatic heterocycles.